The van der Waals surface area contributed by atoms with E-state index in [1.807, 2.05) is 20.8 Å². The standard InChI is InChI=1S/C10H21N3O3/c1-10(2,3)12-9(16)11-8(15)7-13(4)5-6-14/h14H,5-7H2,1-4H3,(H2,11,12,15,16). The van der Waals surface area contributed by atoms with Crippen molar-refractivity contribution in [3.8, 4) is 0 Å². The highest BCUT2D eigenvalue weighted by molar-refractivity contribution is 5.95. The monoisotopic (exact) mass is 231 g/mol. The highest BCUT2D eigenvalue weighted by Crippen LogP contribution is 1.97. The van der Waals surface area contributed by atoms with Crippen LogP contribution >= 0.6 is 0 Å². The Hall–Kier alpha value is -1.14. The van der Waals surface area contributed by atoms with Crippen LogP contribution in [0.5, 0.6) is 0 Å². The molecule has 0 aliphatic heterocycles. The summed E-state index contributed by atoms with van der Waals surface area (Å²) >= 11 is 0. The number of carbonyl (C=O) groups is 2. The van der Waals surface area contributed by atoms with Crippen LogP contribution in [-0.2, 0) is 4.79 Å². The van der Waals surface area contributed by atoms with E-state index in [1.165, 1.54) is 0 Å². The highest BCUT2D eigenvalue weighted by Gasteiger charge is 2.16. The minimum absolute atomic E-state index is 0.0159. The van der Waals surface area contributed by atoms with E-state index >= 15 is 0 Å². The number of hydrogen-bond donors (Lipinski definition) is 3. The van der Waals surface area contributed by atoms with Crippen molar-refractivity contribution in [2.45, 2.75) is 26.3 Å². The SMILES string of the molecule is CN(CCO)CC(=O)NC(=O)NC(C)(C)C. The molecule has 0 aromatic carbocycles. The molecule has 16 heavy (non-hydrogen) atoms. The summed E-state index contributed by atoms with van der Waals surface area (Å²) in [5, 5.41) is 13.5. The molecule has 0 radical (unpaired) electrons. The van der Waals surface area contributed by atoms with E-state index < -0.39 is 11.9 Å². The van der Waals surface area contributed by atoms with Gasteiger partial charge >= 0.3 is 6.03 Å². The van der Waals surface area contributed by atoms with Crippen molar-refractivity contribution in [3.63, 3.8) is 0 Å². The average molecular weight is 231 g/mol. The summed E-state index contributed by atoms with van der Waals surface area (Å²) in [6.07, 6.45) is 0. The largest absolute Gasteiger partial charge is 0.395 e. The van der Waals surface area contributed by atoms with Crippen LogP contribution in [-0.4, -0.2) is 54.2 Å². The average Bonchev–Trinajstić information content (AvgIpc) is 1.98. The topological polar surface area (TPSA) is 81.7 Å². The second-order valence-corrected chi connectivity index (χ2v) is 4.71. The molecular formula is C10H21N3O3. The Balaban J connectivity index is 3.92. The molecule has 6 heteroatoms. The Morgan fingerprint density at radius 1 is 1.31 bits per heavy atom. The van der Waals surface area contributed by atoms with Gasteiger partial charge in [-0.15, -0.1) is 0 Å². The van der Waals surface area contributed by atoms with Crippen LogP contribution in [0.1, 0.15) is 20.8 Å². The summed E-state index contributed by atoms with van der Waals surface area (Å²) in [7, 11) is 1.69. The normalized spacial score (nSPS) is 11.4. The molecule has 0 saturated carbocycles. The molecule has 0 rings (SSSR count). The first kappa shape index (κ1) is 14.9. The van der Waals surface area contributed by atoms with Crippen molar-refractivity contribution < 1.29 is 14.7 Å². The van der Waals surface area contributed by atoms with Crippen LogP contribution in [0.2, 0.25) is 0 Å². The number of urea groups is 1. The van der Waals surface area contributed by atoms with Crippen molar-refractivity contribution in [1.29, 1.82) is 0 Å². The van der Waals surface area contributed by atoms with Crippen LogP contribution in [0.4, 0.5) is 4.79 Å². The van der Waals surface area contributed by atoms with E-state index in [0.717, 1.165) is 0 Å². The van der Waals surface area contributed by atoms with Crippen molar-refractivity contribution in [2.75, 3.05) is 26.7 Å². The van der Waals surface area contributed by atoms with Crippen LogP contribution in [0.25, 0.3) is 0 Å². The first-order valence-electron chi connectivity index (χ1n) is 5.16. The third-order valence-corrected chi connectivity index (χ3v) is 1.64. The van der Waals surface area contributed by atoms with E-state index in [0.29, 0.717) is 6.54 Å². The van der Waals surface area contributed by atoms with E-state index in [-0.39, 0.29) is 18.7 Å². The quantitative estimate of drug-likeness (QED) is 0.611. The number of nitrogens with one attached hydrogen (secondary N) is 2. The maximum Gasteiger partial charge on any atom is 0.321 e. The van der Waals surface area contributed by atoms with Crippen LogP contribution in [0, 0.1) is 0 Å². The smallest absolute Gasteiger partial charge is 0.321 e. The second-order valence-electron chi connectivity index (χ2n) is 4.71. The Kier molecular flexibility index (Phi) is 5.98. The number of amides is 3. The molecule has 0 spiro atoms. The molecule has 3 N–H and O–H groups in total. The first-order valence-corrected chi connectivity index (χ1v) is 5.16. The number of likely N-dealkylation sites (N-methyl/N-ethyl adjacent to an activating group) is 1. The zero-order chi connectivity index (χ0) is 12.8. The maximum absolute atomic E-state index is 11.3. The predicted molar refractivity (Wildman–Crippen MR) is 61.0 cm³/mol. The lowest BCUT2D eigenvalue weighted by molar-refractivity contribution is -0.120. The minimum atomic E-state index is -0.505. The molecule has 0 fully saturated rings. The zero-order valence-electron chi connectivity index (χ0n) is 10.3. The number of imide groups is 1. The van der Waals surface area contributed by atoms with Gasteiger partial charge in [0.1, 0.15) is 0 Å². The van der Waals surface area contributed by atoms with Gasteiger partial charge in [-0.05, 0) is 27.8 Å². The lowest BCUT2D eigenvalue weighted by Gasteiger charge is -2.21. The number of aliphatic hydroxyl groups is 1. The molecular weight excluding hydrogens is 210 g/mol. The minimum Gasteiger partial charge on any atom is -0.395 e. The molecule has 0 unspecified atom stereocenters. The van der Waals surface area contributed by atoms with Crippen LogP contribution in [0.15, 0.2) is 0 Å². The van der Waals surface area contributed by atoms with Gasteiger partial charge in [0, 0.05) is 12.1 Å². The molecule has 0 atom stereocenters. The van der Waals surface area contributed by atoms with Crippen LogP contribution in [0.3, 0.4) is 0 Å². The molecule has 94 valence electrons. The lowest BCUT2D eigenvalue weighted by Crippen LogP contribution is -2.50. The van der Waals surface area contributed by atoms with Gasteiger partial charge in [-0.25, -0.2) is 4.79 Å². The third-order valence-electron chi connectivity index (χ3n) is 1.64. The summed E-state index contributed by atoms with van der Waals surface area (Å²) < 4.78 is 0. The Bertz CT molecular complexity index is 248. The van der Waals surface area contributed by atoms with E-state index in [4.69, 9.17) is 5.11 Å². The molecule has 3 amide bonds. The predicted octanol–water partition coefficient (Wildman–Crippen LogP) is -0.465. The summed E-state index contributed by atoms with van der Waals surface area (Å²) in [5.74, 6) is -0.391. The zero-order valence-corrected chi connectivity index (χ0v) is 10.3. The summed E-state index contributed by atoms with van der Waals surface area (Å²) in [6.45, 7) is 5.95. The van der Waals surface area contributed by atoms with Gasteiger partial charge in [0.25, 0.3) is 0 Å². The molecule has 6 nitrogen and oxygen atoms in total. The van der Waals surface area contributed by atoms with Crippen molar-refractivity contribution in [2.24, 2.45) is 0 Å². The molecule has 0 aliphatic carbocycles. The molecule has 0 aromatic heterocycles. The van der Waals surface area contributed by atoms with Crippen molar-refractivity contribution >= 4 is 11.9 Å². The third kappa shape index (κ3) is 8.19. The van der Waals surface area contributed by atoms with Crippen molar-refractivity contribution in [3.05, 3.63) is 0 Å². The van der Waals surface area contributed by atoms with E-state index in [9.17, 15) is 9.59 Å². The summed E-state index contributed by atoms with van der Waals surface area (Å²) in [4.78, 5) is 24.3. The fourth-order valence-electron chi connectivity index (χ4n) is 1.03. The van der Waals surface area contributed by atoms with Crippen molar-refractivity contribution in [1.82, 2.24) is 15.5 Å². The summed E-state index contributed by atoms with van der Waals surface area (Å²) in [5.41, 5.74) is -0.374. The highest BCUT2D eigenvalue weighted by atomic mass is 16.3. The Morgan fingerprint density at radius 2 is 1.88 bits per heavy atom. The van der Waals surface area contributed by atoms with Gasteiger partial charge in [0.05, 0.1) is 13.2 Å². The number of hydrogen-bond acceptors (Lipinski definition) is 4. The van der Waals surface area contributed by atoms with Gasteiger partial charge in [-0.1, -0.05) is 0 Å². The Morgan fingerprint density at radius 3 is 2.31 bits per heavy atom. The first-order chi connectivity index (χ1) is 7.24. The van der Waals surface area contributed by atoms with Gasteiger partial charge in [0.15, 0.2) is 0 Å². The maximum atomic E-state index is 11.3. The van der Waals surface area contributed by atoms with Gasteiger partial charge < -0.3 is 10.4 Å². The van der Waals surface area contributed by atoms with E-state index in [2.05, 4.69) is 10.6 Å². The molecule has 0 heterocycles. The van der Waals surface area contributed by atoms with Gasteiger partial charge in [-0.2, -0.15) is 0 Å². The number of aliphatic hydroxyl groups excluding tert-OH is 1. The van der Waals surface area contributed by atoms with E-state index in [1.54, 1.807) is 11.9 Å². The second kappa shape index (κ2) is 6.44. The Labute approximate surface area is 96.0 Å². The molecule has 0 bridgehead atoms. The van der Waals surface area contributed by atoms with Gasteiger partial charge in [0.2, 0.25) is 5.91 Å². The summed E-state index contributed by atoms with van der Waals surface area (Å²) in [6, 6.07) is -0.505. The lowest BCUT2D eigenvalue weighted by atomic mass is 10.1. The molecule has 0 aromatic rings. The van der Waals surface area contributed by atoms with Gasteiger partial charge in [-0.3, -0.25) is 15.0 Å². The number of carbonyl (C=O) groups excluding carboxylic acids is 2. The fraction of sp³-hybridized carbons (Fsp3) is 0.800. The van der Waals surface area contributed by atoms with Crippen LogP contribution < -0.4 is 10.6 Å². The fourth-order valence-corrected chi connectivity index (χ4v) is 1.03. The molecule has 0 aliphatic rings. The number of rotatable bonds is 4. The molecule has 0 saturated heterocycles. The number of nitrogens with zero attached hydrogens (tertiary/aromatic N) is 1.